The summed E-state index contributed by atoms with van der Waals surface area (Å²) in [5.74, 6) is 0.913. The molecule has 0 radical (unpaired) electrons. The minimum absolute atomic E-state index is 0.104. The molecular formula is C71H138O17P2. The van der Waals surface area contributed by atoms with Crippen LogP contribution in [0.15, 0.2) is 0 Å². The van der Waals surface area contributed by atoms with E-state index in [0.717, 1.165) is 126 Å². The summed E-state index contributed by atoms with van der Waals surface area (Å²) in [6, 6.07) is 0. The Hall–Kier alpha value is -1.94. The number of carbonyl (C=O) groups is 4. The first-order valence-electron chi connectivity index (χ1n) is 36.8. The second-order valence-electron chi connectivity index (χ2n) is 26.8. The van der Waals surface area contributed by atoms with Gasteiger partial charge >= 0.3 is 39.5 Å². The van der Waals surface area contributed by atoms with Gasteiger partial charge < -0.3 is 33.8 Å². The van der Waals surface area contributed by atoms with Gasteiger partial charge in [-0.25, -0.2) is 9.13 Å². The lowest BCUT2D eigenvalue weighted by Crippen LogP contribution is -2.30. The molecule has 0 saturated carbocycles. The summed E-state index contributed by atoms with van der Waals surface area (Å²) in [6.07, 6.45) is 43.1. The van der Waals surface area contributed by atoms with Gasteiger partial charge in [-0.3, -0.25) is 37.3 Å². The highest BCUT2D eigenvalue weighted by Gasteiger charge is 2.30. The van der Waals surface area contributed by atoms with Gasteiger partial charge in [0.2, 0.25) is 0 Å². The first-order chi connectivity index (χ1) is 43.2. The number of carbonyl (C=O) groups excluding carboxylic acids is 4. The Bertz CT molecular complexity index is 1790. The van der Waals surface area contributed by atoms with Crippen molar-refractivity contribution in [3.05, 3.63) is 0 Å². The molecule has 534 valence electrons. The summed E-state index contributed by atoms with van der Waals surface area (Å²) in [5, 5.41) is 10.6. The van der Waals surface area contributed by atoms with Gasteiger partial charge in [0, 0.05) is 25.7 Å². The Morgan fingerprint density at radius 1 is 0.311 bits per heavy atom. The molecule has 0 heterocycles. The molecule has 0 amide bonds. The molecule has 3 N–H and O–H groups in total. The molecular weight excluding hydrogens is 1190 g/mol. The highest BCUT2D eigenvalue weighted by molar-refractivity contribution is 7.47. The summed E-state index contributed by atoms with van der Waals surface area (Å²) < 4.78 is 68.3. The molecule has 0 rings (SSSR count). The fourth-order valence-electron chi connectivity index (χ4n) is 10.6. The number of phosphoric ester groups is 2. The van der Waals surface area contributed by atoms with Crippen LogP contribution >= 0.6 is 15.6 Å². The van der Waals surface area contributed by atoms with Crippen molar-refractivity contribution >= 4 is 39.5 Å². The summed E-state index contributed by atoms with van der Waals surface area (Å²) in [5.41, 5.74) is 0. The van der Waals surface area contributed by atoms with E-state index in [1.54, 1.807) is 0 Å². The van der Waals surface area contributed by atoms with Crippen LogP contribution in [0.2, 0.25) is 0 Å². The van der Waals surface area contributed by atoms with Crippen LogP contribution in [0.4, 0.5) is 0 Å². The standard InChI is InChI=1S/C71H138O17P2/c1-9-62(6)48-40-32-24-20-16-14-12-13-15-17-21-25-37-45-53-70(75)87-66(57-81-68(73)51-43-35-29-27-33-41-49-63(7)10-2)59-85-89(77,78)83-55-65(72)56-84-90(79,80)86-60-67(58-82-69(74)52-44-36-30-28-34-42-50-64(8)11-3)88-71(76)54-46-38-26-22-18-19-23-31-39-47-61(4)5/h61-67,72H,9-60H2,1-8H3,(H,77,78)(H,79,80)/t62?,63?,64?,65-,66+,67+/m0/s1. The Balaban J connectivity index is 5.23. The monoisotopic (exact) mass is 1320 g/mol. The van der Waals surface area contributed by atoms with E-state index in [-0.39, 0.29) is 25.7 Å². The maximum Gasteiger partial charge on any atom is 0.472 e. The molecule has 0 aliphatic rings. The van der Waals surface area contributed by atoms with Gasteiger partial charge in [0.05, 0.1) is 26.4 Å². The molecule has 0 aromatic heterocycles. The second-order valence-corrected chi connectivity index (χ2v) is 29.7. The third-order valence-corrected chi connectivity index (χ3v) is 19.3. The van der Waals surface area contributed by atoms with Gasteiger partial charge in [0.25, 0.3) is 0 Å². The normalized spacial score (nSPS) is 15.2. The molecule has 0 bridgehead atoms. The molecule has 0 saturated heterocycles. The Morgan fingerprint density at radius 3 is 0.789 bits per heavy atom. The largest absolute Gasteiger partial charge is 0.472 e. The number of rotatable bonds is 68. The topological polar surface area (TPSA) is 237 Å². The molecule has 5 unspecified atom stereocenters. The highest BCUT2D eigenvalue weighted by Crippen LogP contribution is 2.45. The molecule has 19 heteroatoms. The lowest BCUT2D eigenvalue weighted by atomic mass is 9.99. The van der Waals surface area contributed by atoms with Crippen molar-refractivity contribution < 1.29 is 80.2 Å². The van der Waals surface area contributed by atoms with Crippen molar-refractivity contribution in [1.29, 1.82) is 0 Å². The van der Waals surface area contributed by atoms with E-state index in [0.29, 0.717) is 25.7 Å². The van der Waals surface area contributed by atoms with Crippen LogP contribution in [0.25, 0.3) is 0 Å². The smallest absolute Gasteiger partial charge is 0.462 e. The van der Waals surface area contributed by atoms with Gasteiger partial charge in [-0.15, -0.1) is 0 Å². The first kappa shape index (κ1) is 88.1. The summed E-state index contributed by atoms with van der Waals surface area (Å²) in [4.78, 5) is 72.5. The predicted molar refractivity (Wildman–Crippen MR) is 363 cm³/mol. The van der Waals surface area contributed by atoms with Gasteiger partial charge in [-0.2, -0.15) is 0 Å². The number of aliphatic hydroxyl groups is 1. The lowest BCUT2D eigenvalue weighted by Gasteiger charge is -2.21. The number of unbranched alkanes of at least 4 members (excludes halogenated alkanes) is 31. The maximum absolute atomic E-state index is 13.0. The number of hydrogen-bond donors (Lipinski definition) is 3. The van der Waals surface area contributed by atoms with Crippen LogP contribution in [0, 0.1) is 23.7 Å². The van der Waals surface area contributed by atoms with E-state index in [1.807, 2.05) is 0 Å². The molecule has 0 aliphatic heterocycles. The van der Waals surface area contributed by atoms with E-state index in [2.05, 4.69) is 55.4 Å². The number of ether oxygens (including phenoxy) is 4. The van der Waals surface area contributed by atoms with Gasteiger partial charge in [0.15, 0.2) is 12.2 Å². The van der Waals surface area contributed by atoms with Crippen molar-refractivity contribution in [2.75, 3.05) is 39.6 Å². The lowest BCUT2D eigenvalue weighted by molar-refractivity contribution is -0.161. The van der Waals surface area contributed by atoms with E-state index in [1.165, 1.54) is 141 Å². The molecule has 0 spiro atoms. The molecule has 0 aromatic rings. The molecule has 17 nitrogen and oxygen atoms in total. The summed E-state index contributed by atoms with van der Waals surface area (Å²) in [6.45, 7) is 14.1. The summed E-state index contributed by atoms with van der Waals surface area (Å²) >= 11 is 0. The van der Waals surface area contributed by atoms with Crippen molar-refractivity contribution in [3.63, 3.8) is 0 Å². The Labute approximate surface area is 549 Å². The summed E-state index contributed by atoms with van der Waals surface area (Å²) in [7, 11) is -9.90. The maximum atomic E-state index is 13.0. The molecule has 8 atom stereocenters. The zero-order chi connectivity index (χ0) is 66.8. The molecule has 90 heavy (non-hydrogen) atoms. The average Bonchev–Trinajstić information content (AvgIpc) is 3.01. The number of phosphoric acid groups is 2. The minimum Gasteiger partial charge on any atom is -0.462 e. The fourth-order valence-corrected chi connectivity index (χ4v) is 12.1. The molecule has 0 fully saturated rings. The van der Waals surface area contributed by atoms with Crippen LogP contribution in [0.3, 0.4) is 0 Å². The quantitative estimate of drug-likeness (QED) is 0.0222. The Kier molecular flexibility index (Phi) is 59.4. The third-order valence-electron chi connectivity index (χ3n) is 17.4. The van der Waals surface area contributed by atoms with E-state index in [9.17, 15) is 43.2 Å². The van der Waals surface area contributed by atoms with E-state index < -0.39 is 97.5 Å². The average molecular weight is 1330 g/mol. The van der Waals surface area contributed by atoms with Crippen molar-refractivity contribution in [1.82, 2.24) is 0 Å². The van der Waals surface area contributed by atoms with Crippen molar-refractivity contribution in [3.8, 4) is 0 Å². The zero-order valence-corrected chi connectivity index (χ0v) is 60.6. The van der Waals surface area contributed by atoms with Crippen LogP contribution in [0.5, 0.6) is 0 Å². The SMILES string of the molecule is CCC(C)CCCCCCCCCCCCCCCCC(=O)O[C@H](COC(=O)CCCCCCCCC(C)CC)COP(=O)(O)OC[C@H](O)COP(=O)(O)OC[C@@H](COC(=O)CCCCCCCCC(C)CC)OC(=O)CCCCCCCCCCCC(C)C. The van der Waals surface area contributed by atoms with Crippen LogP contribution in [0.1, 0.15) is 351 Å². The van der Waals surface area contributed by atoms with Crippen molar-refractivity contribution in [2.24, 2.45) is 23.7 Å². The Morgan fingerprint density at radius 2 is 0.533 bits per heavy atom. The predicted octanol–water partition coefficient (Wildman–Crippen LogP) is 20.1. The number of hydrogen-bond acceptors (Lipinski definition) is 15. The minimum atomic E-state index is -4.95. The molecule has 0 aromatic carbocycles. The number of esters is 4. The van der Waals surface area contributed by atoms with Crippen LogP contribution in [-0.2, 0) is 65.4 Å². The van der Waals surface area contributed by atoms with Crippen molar-refractivity contribution in [2.45, 2.75) is 369 Å². The van der Waals surface area contributed by atoms with Crippen LogP contribution in [-0.4, -0.2) is 96.7 Å². The first-order valence-corrected chi connectivity index (χ1v) is 39.8. The van der Waals surface area contributed by atoms with Gasteiger partial charge in [-0.05, 0) is 49.4 Å². The number of aliphatic hydroxyl groups excluding tert-OH is 1. The third kappa shape index (κ3) is 61.0. The highest BCUT2D eigenvalue weighted by atomic mass is 31.2. The van der Waals surface area contributed by atoms with Gasteiger partial charge in [0.1, 0.15) is 19.3 Å². The van der Waals surface area contributed by atoms with Crippen LogP contribution < -0.4 is 0 Å². The second kappa shape index (κ2) is 60.7. The fraction of sp³-hybridized carbons (Fsp3) is 0.944. The van der Waals surface area contributed by atoms with E-state index in [4.69, 9.17) is 37.0 Å². The molecule has 0 aliphatic carbocycles. The van der Waals surface area contributed by atoms with E-state index >= 15 is 0 Å². The van der Waals surface area contributed by atoms with Gasteiger partial charge in [-0.1, -0.05) is 299 Å². The zero-order valence-electron chi connectivity index (χ0n) is 58.8.